The molecule has 0 amide bonds. The van der Waals surface area contributed by atoms with Gasteiger partial charge in [0.2, 0.25) is 0 Å². The van der Waals surface area contributed by atoms with Gasteiger partial charge in [-0.2, -0.15) is 0 Å². The van der Waals surface area contributed by atoms with Gasteiger partial charge >= 0.3 is 5.97 Å². The Kier molecular flexibility index (Phi) is 2.85. The predicted octanol–water partition coefficient (Wildman–Crippen LogP) is 2.64. The van der Waals surface area contributed by atoms with Gasteiger partial charge < -0.3 is 4.74 Å². The molecule has 0 aromatic carbocycles. The van der Waals surface area contributed by atoms with E-state index in [1.165, 1.54) is 0 Å². The molecule has 2 bridgehead atoms. The Balaban J connectivity index is 2.15. The van der Waals surface area contributed by atoms with Crippen LogP contribution in [-0.4, -0.2) is 12.6 Å². The number of hydrogen-bond acceptors (Lipinski definition) is 2. The molecule has 84 valence electrons. The third-order valence-electron chi connectivity index (χ3n) is 3.85. The van der Waals surface area contributed by atoms with Crippen LogP contribution in [0.2, 0.25) is 0 Å². The largest absolute Gasteiger partial charge is 0.466 e. The van der Waals surface area contributed by atoms with Gasteiger partial charge in [-0.25, -0.2) is 0 Å². The Morgan fingerprint density at radius 2 is 2.07 bits per heavy atom. The van der Waals surface area contributed by atoms with Crippen LogP contribution in [0.25, 0.3) is 0 Å². The second-order valence-electron chi connectivity index (χ2n) is 5.05. The van der Waals surface area contributed by atoms with Crippen molar-refractivity contribution in [1.82, 2.24) is 0 Å². The lowest BCUT2D eigenvalue weighted by Gasteiger charge is -2.29. The van der Waals surface area contributed by atoms with Crippen LogP contribution in [0.1, 0.15) is 27.2 Å². The lowest BCUT2D eigenvalue weighted by molar-refractivity contribution is -0.151. The van der Waals surface area contributed by atoms with E-state index in [0.717, 1.165) is 6.42 Å². The van der Waals surface area contributed by atoms with Crippen LogP contribution in [0.4, 0.5) is 0 Å². The summed E-state index contributed by atoms with van der Waals surface area (Å²) in [5, 5.41) is 0. The van der Waals surface area contributed by atoms with Crippen LogP contribution in [-0.2, 0) is 9.53 Å². The highest BCUT2D eigenvalue weighted by molar-refractivity contribution is 5.74. The molecule has 1 saturated carbocycles. The fraction of sp³-hybridized carbons (Fsp3) is 0.769. The van der Waals surface area contributed by atoms with E-state index >= 15 is 0 Å². The van der Waals surface area contributed by atoms with Crippen molar-refractivity contribution in [3.63, 3.8) is 0 Å². The Hall–Kier alpha value is -0.790. The SMILES string of the molecule is CCOC(=O)[C@H]1C(C(C)C)[C@H]2C=C[C@H]1C2. The molecule has 0 N–H and O–H groups in total. The molecule has 0 saturated heterocycles. The minimum absolute atomic E-state index is 0.0213. The molecular formula is C13H20O2. The van der Waals surface area contributed by atoms with Gasteiger partial charge in [0.15, 0.2) is 0 Å². The Morgan fingerprint density at radius 1 is 1.40 bits per heavy atom. The maximum atomic E-state index is 11.9. The highest BCUT2D eigenvalue weighted by Crippen LogP contribution is 2.51. The zero-order valence-electron chi connectivity index (χ0n) is 9.77. The van der Waals surface area contributed by atoms with Crippen molar-refractivity contribution in [3.05, 3.63) is 12.2 Å². The van der Waals surface area contributed by atoms with Gasteiger partial charge in [0.1, 0.15) is 0 Å². The van der Waals surface area contributed by atoms with E-state index in [1.54, 1.807) is 0 Å². The van der Waals surface area contributed by atoms with E-state index in [4.69, 9.17) is 4.74 Å². The van der Waals surface area contributed by atoms with Gasteiger partial charge in [-0.3, -0.25) is 4.79 Å². The fourth-order valence-corrected chi connectivity index (χ4v) is 3.34. The minimum atomic E-state index is 0.0213. The fourth-order valence-electron chi connectivity index (χ4n) is 3.34. The molecule has 0 aromatic rings. The van der Waals surface area contributed by atoms with E-state index in [-0.39, 0.29) is 11.9 Å². The number of carbonyl (C=O) groups is 1. The number of fused-ring (bicyclic) bond motifs is 2. The van der Waals surface area contributed by atoms with Gasteiger partial charge in [-0.1, -0.05) is 26.0 Å². The van der Waals surface area contributed by atoms with E-state index in [2.05, 4.69) is 26.0 Å². The van der Waals surface area contributed by atoms with E-state index in [1.807, 2.05) is 6.92 Å². The third kappa shape index (κ3) is 1.70. The maximum absolute atomic E-state index is 11.9. The summed E-state index contributed by atoms with van der Waals surface area (Å²) in [5.74, 6) is 2.28. The predicted molar refractivity (Wildman–Crippen MR) is 59.2 cm³/mol. The quantitative estimate of drug-likeness (QED) is 0.526. The summed E-state index contributed by atoms with van der Waals surface area (Å²) >= 11 is 0. The van der Waals surface area contributed by atoms with E-state index < -0.39 is 0 Å². The summed E-state index contributed by atoms with van der Waals surface area (Å²) in [6.45, 7) is 6.81. The number of hydrogen-bond donors (Lipinski definition) is 0. The number of ether oxygens (including phenoxy) is 1. The average molecular weight is 208 g/mol. The smallest absolute Gasteiger partial charge is 0.309 e. The molecule has 0 aromatic heterocycles. The zero-order valence-corrected chi connectivity index (χ0v) is 9.77. The van der Waals surface area contributed by atoms with Crippen LogP contribution >= 0.6 is 0 Å². The van der Waals surface area contributed by atoms with Crippen molar-refractivity contribution < 1.29 is 9.53 Å². The molecular weight excluding hydrogens is 188 g/mol. The van der Waals surface area contributed by atoms with Crippen LogP contribution in [0, 0.1) is 29.6 Å². The first kappa shape index (κ1) is 10.7. The summed E-state index contributed by atoms with van der Waals surface area (Å²) in [5.41, 5.74) is 0. The molecule has 2 rings (SSSR count). The lowest BCUT2D eigenvalue weighted by Crippen LogP contribution is -2.32. The highest BCUT2D eigenvalue weighted by Gasteiger charge is 2.49. The Morgan fingerprint density at radius 3 is 2.67 bits per heavy atom. The summed E-state index contributed by atoms with van der Waals surface area (Å²) in [4.78, 5) is 11.9. The third-order valence-corrected chi connectivity index (χ3v) is 3.85. The molecule has 1 unspecified atom stereocenters. The molecule has 0 heterocycles. The Labute approximate surface area is 91.7 Å². The molecule has 2 aliphatic carbocycles. The second kappa shape index (κ2) is 3.99. The second-order valence-corrected chi connectivity index (χ2v) is 5.05. The van der Waals surface area contributed by atoms with Gasteiger partial charge in [0.25, 0.3) is 0 Å². The van der Waals surface area contributed by atoms with Crippen LogP contribution in [0.5, 0.6) is 0 Å². The maximum Gasteiger partial charge on any atom is 0.309 e. The van der Waals surface area contributed by atoms with Crippen molar-refractivity contribution in [2.24, 2.45) is 29.6 Å². The standard InChI is InChI=1S/C13H20O2/c1-4-15-13(14)12-10-6-5-9(7-10)11(12)8(2)3/h5-6,8-12H,4,7H2,1-3H3/t9-,10-,11?,12+/m0/s1. The summed E-state index contributed by atoms with van der Waals surface area (Å²) in [7, 11) is 0. The summed E-state index contributed by atoms with van der Waals surface area (Å²) in [6.07, 6.45) is 5.67. The first-order chi connectivity index (χ1) is 7.15. The number of allylic oxidation sites excluding steroid dienone is 2. The van der Waals surface area contributed by atoms with Crippen LogP contribution in [0.3, 0.4) is 0 Å². The van der Waals surface area contributed by atoms with Gasteiger partial charge in [0.05, 0.1) is 12.5 Å². The lowest BCUT2D eigenvalue weighted by atomic mass is 9.76. The van der Waals surface area contributed by atoms with Crippen LogP contribution < -0.4 is 0 Å². The van der Waals surface area contributed by atoms with Crippen molar-refractivity contribution in [3.8, 4) is 0 Å². The van der Waals surface area contributed by atoms with Gasteiger partial charge in [-0.05, 0) is 37.0 Å². The first-order valence-electron chi connectivity index (χ1n) is 6.00. The zero-order chi connectivity index (χ0) is 11.0. The summed E-state index contributed by atoms with van der Waals surface area (Å²) in [6, 6.07) is 0. The number of carbonyl (C=O) groups excluding carboxylic acids is 1. The molecule has 2 nitrogen and oxygen atoms in total. The molecule has 0 radical (unpaired) electrons. The topological polar surface area (TPSA) is 26.3 Å². The summed E-state index contributed by atoms with van der Waals surface area (Å²) < 4.78 is 5.19. The van der Waals surface area contributed by atoms with Crippen molar-refractivity contribution in [1.29, 1.82) is 0 Å². The van der Waals surface area contributed by atoms with Crippen molar-refractivity contribution in [2.45, 2.75) is 27.2 Å². The molecule has 0 spiro atoms. The highest BCUT2D eigenvalue weighted by atomic mass is 16.5. The van der Waals surface area contributed by atoms with E-state index in [0.29, 0.717) is 30.3 Å². The normalized spacial score (nSPS) is 37.6. The number of rotatable bonds is 3. The average Bonchev–Trinajstić information content (AvgIpc) is 2.76. The molecule has 15 heavy (non-hydrogen) atoms. The van der Waals surface area contributed by atoms with Crippen molar-refractivity contribution in [2.75, 3.05) is 6.61 Å². The molecule has 2 heteroatoms. The van der Waals surface area contributed by atoms with Gasteiger partial charge in [-0.15, -0.1) is 0 Å². The van der Waals surface area contributed by atoms with Crippen LogP contribution in [0.15, 0.2) is 12.2 Å². The number of esters is 1. The molecule has 2 aliphatic rings. The van der Waals surface area contributed by atoms with Gasteiger partial charge in [0, 0.05) is 0 Å². The molecule has 4 atom stereocenters. The monoisotopic (exact) mass is 208 g/mol. The Bertz CT molecular complexity index is 280. The molecule has 1 fully saturated rings. The van der Waals surface area contributed by atoms with E-state index in [9.17, 15) is 4.79 Å². The first-order valence-corrected chi connectivity index (χ1v) is 6.00. The minimum Gasteiger partial charge on any atom is -0.466 e. The molecule has 0 aliphatic heterocycles. The van der Waals surface area contributed by atoms with Crippen molar-refractivity contribution >= 4 is 5.97 Å².